The van der Waals surface area contributed by atoms with Crippen LogP contribution in [0.1, 0.15) is 80.7 Å². The molecule has 0 radical (unpaired) electrons. The van der Waals surface area contributed by atoms with Crippen molar-refractivity contribution in [3.63, 3.8) is 0 Å². The fourth-order valence-corrected chi connectivity index (χ4v) is 8.25. The third-order valence-electron chi connectivity index (χ3n) is 9.61. The SMILES string of the molecule is O=c1nc2n(c3cccc(Br)c13)-c1cc(C3CCN(C4CCNCC4)CC3)ccc1C21CCCCC1. The summed E-state index contributed by atoms with van der Waals surface area (Å²) >= 11 is 3.64. The van der Waals surface area contributed by atoms with Crippen LogP contribution in [0.25, 0.3) is 16.6 Å². The van der Waals surface area contributed by atoms with E-state index >= 15 is 0 Å². The average Bonchev–Trinajstić information content (AvgIpc) is 3.18. The standard InChI is InChI=1S/C30H35BrN4O/c31-24-5-4-6-25-27(24)28(36)33-29-30(13-2-1-3-14-30)23-8-7-21(19-26(23)35(25)29)20-11-17-34(18-12-20)22-9-15-32-16-10-22/h4-8,19-20,22,32H,1-3,9-18H2. The van der Waals surface area contributed by atoms with E-state index in [4.69, 9.17) is 4.98 Å². The second-order valence-corrected chi connectivity index (χ2v) is 12.3. The van der Waals surface area contributed by atoms with Gasteiger partial charge in [-0.1, -0.05) is 37.5 Å². The van der Waals surface area contributed by atoms with Gasteiger partial charge in [0.25, 0.3) is 5.56 Å². The molecule has 0 bridgehead atoms. The molecule has 1 N–H and O–H groups in total. The van der Waals surface area contributed by atoms with Crippen molar-refractivity contribution in [2.75, 3.05) is 26.2 Å². The summed E-state index contributed by atoms with van der Waals surface area (Å²) in [4.78, 5) is 20.8. The highest BCUT2D eigenvalue weighted by atomic mass is 79.9. The molecule has 1 saturated carbocycles. The number of nitrogens with one attached hydrogen (secondary N) is 1. The minimum Gasteiger partial charge on any atom is -0.317 e. The van der Waals surface area contributed by atoms with E-state index in [1.54, 1.807) is 0 Å². The van der Waals surface area contributed by atoms with Crippen molar-refractivity contribution in [1.82, 2.24) is 19.8 Å². The van der Waals surface area contributed by atoms with Gasteiger partial charge in [-0.3, -0.25) is 9.36 Å². The van der Waals surface area contributed by atoms with Crippen molar-refractivity contribution >= 4 is 26.8 Å². The Bertz CT molecular complexity index is 1360. The molecule has 6 heteroatoms. The molecule has 4 heterocycles. The second kappa shape index (κ2) is 9.07. The number of benzene rings is 2. The molecule has 36 heavy (non-hydrogen) atoms. The fraction of sp³-hybridized carbons (Fsp3) is 0.533. The van der Waals surface area contributed by atoms with Crippen LogP contribution in [0.5, 0.6) is 0 Å². The molecule has 1 spiro atoms. The molecule has 3 fully saturated rings. The van der Waals surface area contributed by atoms with Crippen molar-refractivity contribution in [1.29, 1.82) is 0 Å². The lowest BCUT2D eigenvalue weighted by atomic mass is 9.69. The van der Waals surface area contributed by atoms with Crippen molar-refractivity contribution in [3.05, 3.63) is 68.2 Å². The molecular weight excluding hydrogens is 512 g/mol. The molecule has 5 nitrogen and oxygen atoms in total. The average molecular weight is 548 g/mol. The molecule has 1 aromatic heterocycles. The predicted molar refractivity (Wildman–Crippen MR) is 148 cm³/mol. The lowest BCUT2D eigenvalue weighted by Crippen LogP contribution is -2.46. The molecule has 3 aliphatic heterocycles. The van der Waals surface area contributed by atoms with E-state index in [0.717, 1.165) is 47.8 Å². The van der Waals surface area contributed by atoms with Gasteiger partial charge in [0.15, 0.2) is 0 Å². The van der Waals surface area contributed by atoms with Crippen LogP contribution in [-0.4, -0.2) is 46.7 Å². The van der Waals surface area contributed by atoms with Gasteiger partial charge >= 0.3 is 0 Å². The number of hydrogen-bond donors (Lipinski definition) is 1. The third kappa shape index (κ3) is 3.55. The van der Waals surface area contributed by atoms with Crippen LogP contribution in [-0.2, 0) is 5.41 Å². The number of hydrogen-bond acceptors (Lipinski definition) is 4. The van der Waals surface area contributed by atoms with Gasteiger partial charge in [-0.15, -0.1) is 0 Å². The summed E-state index contributed by atoms with van der Waals surface area (Å²) in [6.45, 7) is 4.74. The lowest BCUT2D eigenvalue weighted by molar-refractivity contribution is 0.127. The Kier molecular flexibility index (Phi) is 5.83. The number of rotatable bonds is 2. The molecule has 2 saturated heterocycles. The van der Waals surface area contributed by atoms with Gasteiger partial charge in [0, 0.05) is 10.5 Å². The van der Waals surface area contributed by atoms with Gasteiger partial charge in [-0.05, 0) is 116 Å². The van der Waals surface area contributed by atoms with E-state index in [-0.39, 0.29) is 11.0 Å². The Labute approximate surface area is 221 Å². The first-order valence-electron chi connectivity index (χ1n) is 14.0. The fourth-order valence-electron chi connectivity index (χ4n) is 7.72. The summed E-state index contributed by atoms with van der Waals surface area (Å²) in [5.74, 6) is 1.58. The number of halogens is 1. The van der Waals surface area contributed by atoms with E-state index in [2.05, 4.69) is 55.0 Å². The highest BCUT2D eigenvalue weighted by Gasteiger charge is 2.46. The monoisotopic (exact) mass is 546 g/mol. The molecule has 0 amide bonds. The Morgan fingerprint density at radius 1 is 0.972 bits per heavy atom. The van der Waals surface area contributed by atoms with E-state index in [1.165, 1.54) is 74.8 Å². The Hall–Kier alpha value is -2.02. The van der Waals surface area contributed by atoms with Gasteiger partial charge in [0.2, 0.25) is 0 Å². The minimum atomic E-state index is -0.125. The molecule has 0 unspecified atom stereocenters. The van der Waals surface area contributed by atoms with Crippen molar-refractivity contribution < 1.29 is 0 Å². The highest BCUT2D eigenvalue weighted by molar-refractivity contribution is 9.10. The maximum atomic E-state index is 13.2. The smallest absolute Gasteiger partial charge is 0.281 e. The summed E-state index contributed by atoms with van der Waals surface area (Å²) in [5, 5.41) is 4.20. The van der Waals surface area contributed by atoms with E-state index in [9.17, 15) is 4.79 Å². The van der Waals surface area contributed by atoms with Crippen molar-refractivity contribution in [2.24, 2.45) is 0 Å². The van der Waals surface area contributed by atoms with Gasteiger partial charge in [-0.25, -0.2) is 0 Å². The van der Waals surface area contributed by atoms with Gasteiger partial charge in [0.1, 0.15) is 5.82 Å². The molecular formula is C30H35BrN4O. The molecule has 7 rings (SSSR count). The molecule has 3 aromatic rings. The second-order valence-electron chi connectivity index (χ2n) is 11.4. The predicted octanol–water partition coefficient (Wildman–Crippen LogP) is 5.64. The van der Waals surface area contributed by atoms with E-state index in [0.29, 0.717) is 11.3 Å². The van der Waals surface area contributed by atoms with Crippen LogP contribution in [0.15, 0.2) is 45.7 Å². The Morgan fingerprint density at radius 3 is 2.53 bits per heavy atom. The zero-order valence-electron chi connectivity index (χ0n) is 20.9. The number of nitrogens with zero attached hydrogens (tertiary/aromatic N) is 3. The largest absolute Gasteiger partial charge is 0.317 e. The van der Waals surface area contributed by atoms with Crippen LogP contribution in [0.4, 0.5) is 0 Å². The van der Waals surface area contributed by atoms with Gasteiger partial charge in [-0.2, -0.15) is 4.98 Å². The lowest BCUT2D eigenvalue weighted by Gasteiger charge is -2.39. The molecule has 0 atom stereocenters. The first-order chi connectivity index (χ1) is 17.7. The van der Waals surface area contributed by atoms with E-state index < -0.39 is 0 Å². The van der Waals surface area contributed by atoms with Crippen molar-refractivity contribution in [3.8, 4) is 5.69 Å². The summed E-state index contributed by atoms with van der Waals surface area (Å²) < 4.78 is 3.18. The molecule has 2 aromatic carbocycles. The van der Waals surface area contributed by atoms with Crippen LogP contribution >= 0.6 is 15.9 Å². The van der Waals surface area contributed by atoms with Crippen LogP contribution in [0.3, 0.4) is 0 Å². The number of aromatic nitrogens is 2. The van der Waals surface area contributed by atoms with Crippen molar-refractivity contribution in [2.45, 2.75) is 75.2 Å². The quantitative estimate of drug-likeness (QED) is 0.451. The highest BCUT2D eigenvalue weighted by Crippen LogP contribution is 2.52. The van der Waals surface area contributed by atoms with Crippen LogP contribution in [0, 0.1) is 0 Å². The topological polar surface area (TPSA) is 50.2 Å². The number of fused-ring (bicyclic) bond motifs is 7. The summed E-state index contributed by atoms with van der Waals surface area (Å²) in [6.07, 6.45) is 10.9. The zero-order valence-corrected chi connectivity index (χ0v) is 22.5. The summed E-state index contributed by atoms with van der Waals surface area (Å²) in [7, 11) is 0. The number of likely N-dealkylation sites (tertiary alicyclic amines) is 1. The van der Waals surface area contributed by atoms with Gasteiger partial charge < -0.3 is 10.2 Å². The maximum absolute atomic E-state index is 13.2. The van der Waals surface area contributed by atoms with E-state index in [1.807, 2.05) is 12.1 Å². The minimum absolute atomic E-state index is 0.105. The summed E-state index contributed by atoms with van der Waals surface area (Å²) in [6, 6.07) is 14.1. The Balaban J connectivity index is 1.30. The first-order valence-corrected chi connectivity index (χ1v) is 14.8. The number of piperidine rings is 2. The Morgan fingerprint density at radius 2 is 1.75 bits per heavy atom. The first kappa shape index (κ1) is 23.1. The molecule has 1 aliphatic carbocycles. The molecule has 4 aliphatic rings. The zero-order chi connectivity index (χ0) is 24.3. The van der Waals surface area contributed by atoms with Crippen LogP contribution in [0.2, 0.25) is 0 Å². The maximum Gasteiger partial charge on any atom is 0.281 e. The van der Waals surface area contributed by atoms with Gasteiger partial charge in [0.05, 0.1) is 22.0 Å². The summed E-state index contributed by atoms with van der Waals surface area (Å²) in [5.41, 5.74) is 4.87. The molecule has 188 valence electrons. The third-order valence-corrected chi connectivity index (χ3v) is 10.3. The van der Waals surface area contributed by atoms with Crippen LogP contribution < -0.4 is 10.9 Å². The normalized spacial score (nSPS) is 22.7.